The van der Waals surface area contributed by atoms with Crippen LogP contribution in [0.3, 0.4) is 0 Å². The SMILES string of the molecule is CC(C)c1nn(C)c(Nc2ccc(Br)c(F)c2)c1N. The van der Waals surface area contributed by atoms with Crippen LogP contribution >= 0.6 is 15.9 Å². The predicted octanol–water partition coefficient (Wildman–Crippen LogP) is 3.77. The van der Waals surface area contributed by atoms with Crippen molar-refractivity contribution in [3.63, 3.8) is 0 Å². The molecule has 3 N–H and O–H groups in total. The zero-order chi connectivity index (χ0) is 14.2. The lowest BCUT2D eigenvalue weighted by Gasteiger charge is -2.08. The molecule has 6 heteroatoms. The fourth-order valence-electron chi connectivity index (χ4n) is 1.85. The van der Waals surface area contributed by atoms with Crippen LogP contribution in [-0.2, 0) is 7.05 Å². The second-order valence-corrected chi connectivity index (χ2v) is 5.53. The number of hydrogen-bond donors (Lipinski definition) is 2. The molecule has 0 aliphatic carbocycles. The van der Waals surface area contributed by atoms with Gasteiger partial charge in [0.25, 0.3) is 0 Å². The summed E-state index contributed by atoms with van der Waals surface area (Å²) in [7, 11) is 1.81. The number of aryl methyl sites for hydroxylation is 1. The van der Waals surface area contributed by atoms with E-state index in [1.807, 2.05) is 13.8 Å². The lowest BCUT2D eigenvalue weighted by Crippen LogP contribution is -2.01. The summed E-state index contributed by atoms with van der Waals surface area (Å²) < 4.78 is 15.6. The van der Waals surface area contributed by atoms with Gasteiger partial charge in [0.05, 0.1) is 15.9 Å². The summed E-state index contributed by atoms with van der Waals surface area (Å²) in [4.78, 5) is 0. The van der Waals surface area contributed by atoms with E-state index < -0.39 is 0 Å². The number of anilines is 3. The fraction of sp³-hybridized carbons (Fsp3) is 0.308. The Bertz CT molecular complexity index is 607. The van der Waals surface area contributed by atoms with Crippen molar-refractivity contribution in [2.45, 2.75) is 19.8 Å². The standard InChI is InChI=1S/C13H16BrFN4/c1-7(2)12-11(16)13(19(3)18-12)17-8-4-5-9(14)10(15)6-8/h4-7,17H,16H2,1-3H3. The van der Waals surface area contributed by atoms with Crippen LogP contribution in [0.15, 0.2) is 22.7 Å². The molecule has 1 heterocycles. The maximum atomic E-state index is 13.5. The van der Waals surface area contributed by atoms with Crippen molar-refractivity contribution in [3.05, 3.63) is 34.2 Å². The zero-order valence-corrected chi connectivity index (χ0v) is 12.6. The maximum absolute atomic E-state index is 13.5. The van der Waals surface area contributed by atoms with E-state index in [-0.39, 0.29) is 11.7 Å². The third kappa shape index (κ3) is 2.73. The summed E-state index contributed by atoms with van der Waals surface area (Å²) in [5.74, 6) is 0.587. The van der Waals surface area contributed by atoms with Gasteiger partial charge in [-0.05, 0) is 40.0 Å². The van der Waals surface area contributed by atoms with Gasteiger partial charge in [0.1, 0.15) is 5.82 Å². The third-order valence-corrected chi connectivity index (χ3v) is 3.48. The Morgan fingerprint density at radius 1 is 1.42 bits per heavy atom. The Balaban J connectivity index is 2.35. The number of benzene rings is 1. The topological polar surface area (TPSA) is 55.9 Å². The van der Waals surface area contributed by atoms with Crippen LogP contribution in [0.5, 0.6) is 0 Å². The van der Waals surface area contributed by atoms with Crippen molar-refractivity contribution in [1.82, 2.24) is 9.78 Å². The predicted molar refractivity (Wildman–Crippen MR) is 79.1 cm³/mol. The second kappa shape index (κ2) is 5.21. The highest BCUT2D eigenvalue weighted by atomic mass is 79.9. The Kier molecular flexibility index (Phi) is 3.80. The fourth-order valence-corrected chi connectivity index (χ4v) is 2.09. The van der Waals surface area contributed by atoms with Gasteiger partial charge < -0.3 is 11.1 Å². The number of rotatable bonds is 3. The molecule has 4 nitrogen and oxygen atoms in total. The average molecular weight is 327 g/mol. The molecular weight excluding hydrogens is 311 g/mol. The molecule has 1 aromatic heterocycles. The summed E-state index contributed by atoms with van der Waals surface area (Å²) >= 11 is 3.12. The summed E-state index contributed by atoms with van der Waals surface area (Å²) in [6, 6.07) is 4.83. The third-order valence-electron chi connectivity index (χ3n) is 2.84. The van der Waals surface area contributed by atoms with E-state index >= 15 is 0 Å². The van der Waals surface area contributed by atoms with Gasteiger partial charge in [-0.1, -0.05) is 13.8 Å². The Hall–Kier alpha value is -1.56. The van der Waals surface area contributed by atoms with E-state index in [4.69, 9.17) is 5.73 Å². The summed E-state index contributed by atoms with van der Waals surface area (Å²) in [5.41, 5.74) is 8.14. The van der Waals surface area contributed by atoms with Crippen LogP contribution in [0.1, 0.15) is 25.5 Å². The van der Waals surface area contributed by atoms with Crippen LogP contribution in [0.2, 0.25) is 0 Å². The molecule has 19 heavy (non-hydrogen) atoms. The smallest absolute Gasteiger partial charge is 0.152 e. The number of halogens is 2. The molecule has 0 unspecified atom stereocenters. The van der Waals surface area contributed by atoms with Crippen molar-refractivity contribution < 1.29 is 4.39 Å². The molecule has 0 bridgehead atoms. The molecule has 1 aromatic carbocycles. The van der Waals surface area contributed by atoms with Gasteiger partial charge in [-0.25, -0.2) is 4.39 Å². The minimum atomic E-state index is -0.324. The second-order valence-electron chi connectivity index (χ2n) is 4.68. The highest BCUT2D eigenvalue weighted by Gasteiger charge is 2.16. The van der Waals surface area contributed by atoms with Crippen LogP contribution in [-0.4, -0.2) is 9.78 Å². The molecule has 0 spiro atoms. The summed E-state index contributed by atoms with van der Waals surface area (Å²) in [5, 5.41) is 7.47. The molecule has 0 atom stereocenters. The zero-order valence-electron chi connectivity index (χ0n) is 11.0. The minimum absolute atomic E-state index is 0.239. The largest absolute Gasteiger partial charge is 0.394 e. The first kappa shape index (κ1) is 13.9. The number of nitrogen functional groups attached to an aromatic ring is 1. The number of nitrogens with two attached hydrogens (primary N) is 1. The van der Waals surface area contributed by atoms with Gasteiger partial charge in [0.15, 0.2) is 5.82 Å². The highest BCUT2D eigenvalue weighted by molar-refractivity contribution is 9.10. The molecular formula is C13H16BrFN4. The Morgan fingerprint density at radius 2 is 2.11 bits per heavy atom. The lowest BCUT2D eigenvalue weighted by atomic mass is 10.1. The van der Waals surface area contributed by atoms with Crippen molar-refractivity contribution in [3.8, 4) is 0 Å². The van der Waals surface area contributed by atoms with E-state index in [1.165, 1.54) is 6.07 Å². The molecule has 0 radical (unpaired) electrons. The lowest BCUT2D eigenvalue weighted by molar-refractivity contribution is 0.621. The first-order valence-corrected chi connectivity index (χ1v) is 6.74. The molecule has 2 rings (SSSR count). The van der Waals surface area contributed by atoms with E-state index in [1.54, 1.807) is 23.9 Å². The van der Waals surface area contributed by atoms with Crippen molar-refractivity contribution in [1.29, 1.82) is 0 Å². The number of nitrogens with zero attached hydrogens (tertiary/aromatic N) is 2. The maximum Gasteiger partial charge on any atom is 0.152 e. The van der Waals surface area contributed by atoms with Gasteiger partial charge in [0.2, 0.25) is 0 Å². The van der Waals surface area contributed by atoms with Gasteiger partial charge >= 0.3 is 0 Å². The molecule has 2 aromatic rings. The van der Waals surface area contributed by atoms with Crippen molar-refractivity contribution >= 4 is 33.1 Å². The Labute approximate surface area is 119 Å². The quantitative estimate of drug-likeness (QED) is 0.902. The summed E-state index contributed by atoms with van der Waals surface area (Å²) in [6.45, 7) is 4.06. The van der Waals surface area contributed by atoms with Gasteiger partial charge in [-0.2, -0.15) is 5.10 Å². The normalized spacial score (nSPS) is 11.1. The molecule has 0 saturated carbocycles. The number of hydrogen-bond acceptors (Lipinski definition) is 3. The van der Waals surface area contributed by atoms with Gasteiger partial charge in [-0.15, -0.1) is 0 Å². The molecule has 0 saturated heterocycles. The van der Waals surface area contributed by atoms with Gasteiger partial charge in [-0.3, -0.25) is 4.68 Å². The molecule has 0 aliphatic rings. The molecule has 0 aliphatic heterocycles. The van der Waals surface area contributed by atoms with Crippen molar-refractivity contribution in [2.24, 2.45) is 7.05 Å². The Morgan fingerprint density at radius 3 is 2.63 bits per heavy atom. The van der Waals surface area contributed by atoms with Crippen LogP contribution in [0.25, 0.3) is 0 Å². The molecule has 0 fully saturated rings. The molecule has 0 amide bonds. The molecule has 102 valence electrons. The van der Waals surface area contributed by atoms with Crippen LogP contribution in [0.4, 0.5) is 21.6 Å². The van der Waals surface area contributed by atoms with Crippen LogP contribution < -0.4 is 11.1 Å². The first-order chi connectivity index (χ1) is 8.90. The number of aromatic nitrogens is 2. The van der Waals surface area contributed by atoms with Gasteiger partial charge in [0, 0.05) is 12.7 Å². The van der Waals surface area contributed by atoms with E-state index in [0.717, 1.165) is 5.69 Å². The summed E-state index contributed by atoms with van der Waals surface area (Å²) in [6.07, 6.45) is 0. The van der Waals surface area contributed by atoms with E-state index in [0.29, 0.717) is 21.7 Å². The average Bonchev–Trinajstić information content (AvgIpc) is 2.62. The first-order valence-electron chi connectivity index (χ1n) is 5.94. The number of nitrogens with one attached hydrogen (secondary N) is 1. The minimum Gasteiger partial charge on any atom is -0.394 e. The van der Waals surface area contributed by atoms with E-state index in [9.17, 15) is 4.39 Å². The highest BCUT2D eigenvalue weighted by Crippen LogP contribution is 2.30. The van der Waals surface area contributed by atoms with Crippen LogP contribution in [0, 0.1) is 5.82 Å². The monoisotopic (exact) mass is 326 g/mol. The van der Waals surface area contributed by atoms with E-state index in [2.05, 4.69) is 26.3 Å². The van der Waals surface area contributed by atoms with Crippen molar-refractivity contribution in [2.75, 3.05) is 11.1 Å².